The number of aliphatic hydroxyl groups excluding tert-OH is 2. The lowest BCUT2D eigenvalue weighted by molar-refractivity contribution is -0.143. The maximum Gasteiger partial charge on any atom is 0.305 e. The molecule has 6 nitrogen and oxygen atoms in total. The van der Waals surface area contributed by atoms with Crippen LogP contribution in [0, 0.1) is 0 Å². The molecule has 0 saturated heterocycles. The summed E-state index contributed by atoms with van der Waals surface area (Å²) < 4.78 is 5.43. The molecule has 0 fully saturated rings. The molecule has 0 spiro atoms. The number of aliphatic hydroxyl groups is 2. The minimum atomic E-state index is -0.858. The minimum absolute atomic E-state index is 0.0147. The third kappa shape index (κ3) is 37.9. The van der Waals surface area contributed by atoms with Gasteiger partial charge in [0.1, 0.15) is 0 Å². The third-order valence-electron chi connectivity index (χ3n) is 9.97. The topological polar surface area (TPSA) is 95.9 Å². The maximum atomic E-state index is 12.3. The smallest absolute Gasteiger partial charge is 0.305 e. The van der Waals surface area contributed by atoms with Crippen LogP contribution in [0.25, 0.3) is 0 Å². The zero-order chi connectivity index (χ0) is 37.3. The Morgan fingerprint density at radius 3 is 1.41 bits per heavy atom. The van der Waals surface area contributed by atoms with Crippen LogP contribution in [0.3, 0.4) is 0 Å². The lowest BCUT2D eigenvalue weighted by Crippen LogP contribution is -2.45. The highest BCUT2D eigenvalue weighted by molar-refractivity contribution is 5.76. The fraction of sp³-hybridized carbons (Fsp3) is 0.867. The van der Waals surface area contributed by atoms with Gasteiger partial charge >= 0.3 is 5.97 Å². The second kappa shape index (κ2) is 41.1. The fourth-order valence-electron chi connectivity index (χ4n) is 6.51. The van der Waals surface area contributed by atoms with Gasteiger partial charge in [-0.3, -0.25) is 9.59 Å². The molecule has 0 aliphatic heterocycles. The van der Waals surface area contributed by atoms with Gasteiger partial charge in [-0.2, -0.15) is 0 Å². The summed E-state index contributed by atoms with van der Waals surface area (Å²) in [6.45, 7) is 4.81. The van der Waals surface area contributed by atoms with Gasteiger partial charge in [-0.25, -0.2) is 0 Å². The lowest BCUT2D eigenvalue weighted by Gasteiger charge is -2.19. The highest BCUT2D eigenvalue weighted by Crippen LogP contribution is 2.14. The van der Waals surface area contributed by atoms with Crippen LogP contribution in [0.4, 0.5) is 0 Å². The standard InChI is InChI=1S/C45H85NO5/c1-3-5-7-9-11-13-14-19-23-27-31-35-39-45(50)51-40-36-32-28-24-20-17-15-16-18-22-26-30-34-38-44(49)46-42(41-47)43(48)37-33-29-25-21-12-10-8-6-4-2/h16,18,33,37,42-43,47-48H,3-15,17,19-32,34-36,38-41H2,1-2H3,(H,46,49)/b18-16-,37-33+. The van der Waals surface area contributed by atoms with E-state index in [1.807, 2.05) is 6.08 Å². The van der Waals surface area contributed by atoms with E-state index in [0.29, 0.717) is 19.4 Å². The van der Waals surface area contributed by atoms with Crippen LogP contribution in [0.15, 0.2) is 24.3 Å². The molecule has 51 heavy (non-hydrogen) atoms. The van der Waals surface area contributed by atoms with Crippen LogP contribution in [0.2, 0.25) is 0 Å². The average Bonchev–Trinajstić information content (AvgIpc) is 3.13. The van der Waals surface area contributed by atoms with Crippen molar-refractivity contribution in [2.75, 3.05) is 13.2 Å². The summed E-state index contributed by atoms with van der Waals surface area (Å²) in [5, 5.41) is 22.8. The quantitative estimate of drug-likeness (QED) is 0.0333. The number of nitrogens with one attached hydrogen (secondary N) is 1. The van der Waals surface area contributed by atoms with Crippen LogP contribution in [-0.2, 0) is 14.3 Å². The van der Waals surface area contributed by atoms with E-state index in [-0.39, 0.29) is 18.5 Å². The number of rotatable bonds is 40. The zero-order valence-corrected chi connectivity index (χ0v) is 33.8. The number of hydrogen-bond donors (Lipinski definition) is 3. The van der Waals surface area contributed by atoms with E-state index < -0.39 is 12.1 Å². The van der Waals surface area contributed by atoms with Crippen molar-refractivity contribution in [1.82, 2.24) is 5.32 Å². The molecular formula is C45H85NO5. The first kappa shape index (κ1) is 49.3. The number of carbonyl (C=O) groups excluding carboxylic acids is 2. The van der Waals surface area contributed by atoms with Crippen molar-refractivity contribution in [2.45, 2.75) is 238 Å². The fourth-order valence-corrected chi connectivity index (χ4v) is 6.51. The molecule has 2 atom stereocenters. The molecule has 0 heterocycles. The summed E-state index contributed by atoms with van der Waals surface area (Å²) in [6, 6.07) is -0.644. The minimum Gasteiger partial charge on any atom is -0.466 e. The zero-order valence-electron chi connectivity index (χ0n) is 33.8. The second-order valence-corrected chi connectivity index (χ2v) is 15.0. The average molecular weight is 720 g/mol. The lowest BCUT2D eigenvalue weighted by atomic mass is 10.0. The Morgan fingerprint density at radius 2 is 0.922 bits per heavy atom. The van der Waals surface area contributed by atoms with Gasteiger partial charge in [0.25, 0.3) is 0 Å². The van der Waals surface area contributed by atoms with Crippen LogP contribution in [0.5, 0.6) is 0 Å². The Hall–Kier alpha value is -1.66. The molecule has 1 amide bonds. The van der Waals surface area contributed by atoms with Crippen molar-refractivity contribution in [3.05, 3.63) is 24.3 Å². The Labute approximate surface area is 316 Å². The first-order valence-corrected chi connectivity index (χ1v) is 22.1. The van der Waals surface area contributed by atoms with Gasteiger partial charge in [-0.1, -0.05) is 179 Å². The first-order valence-electron chi connectivity index (χ1n) is 22.1. The Bertz CT molecular complexity index is 797. The SMILES string of the molecule is CCCCCCCCC/C=C/C(O)C(CO)NC(=O)CCCCC/C=C\CCCCCCCCOC(=O)CCCCCCCCCCCCCC. The normalized spacial score (nSPS) is 12.9. The molecular weight excluding hydrogens is 634 g/mol. The van der Waals surface area contributed by atoms with E-state index in [0.717, 1.165) is 70.6 Å². The van der Waals surface area contributed by atoms with Gasteiger partial charge in [0.15, 0.2) is 0 Å². The van der Waals surface area contributed by atoms with Crippen molar-refractivity contribution >= 4 is 11.9 Å². The van der Waals surface area contributed by atoms with Gasteiger partial charge in [0, 0.05) is 12.8 Å². The third-order valence-corrected chi connectivity index (χ3v) is 9.97. The van der Waals surface area contributed by atoms with Crippen molar-refractivity contribution in [3.63, 3.8) is 0 Å². The summed E-state index contributed by atoms with van der Waals surface area (Å²) >= 11 is 0. The van der Waals surface area contributed by atoms with Crippen molar-refractivity contribution in [2.24, 2.45) is 0 Å². The van der Waals surface area contributed by atoms with E-state index in [2.05, 4.69) is 31.3 Å². The number of ether oxygens (including phenoxy) is 1. The number of esters is 1. The van der Waals surface area contributed by atoms with Crippen molar-refractivity contribution in [3.8, 4) is 0 Å². The van der Waals surface area contributed by atoms with Crippen LogP contribution >= 0.6 is 0 Å². The molecule has 0 aromatic rings. The summed E-state index contributed by atoms with van der Waals surface area (Å²) in [5.41, 5.74) is 0. The van der Waals surface area contributed by atoms with Gasteiger partial charge in [-0.05, 0) is 57.8 Å². The molecule has 0 bridgehead atoms. The van der Waals surface area contributed by atoms with Gasteiger partial charge in [-0.15, -0.1) is 0 Å². The summed E-state index contributed by atoms with van der Waals surface area (Å²) in [5.74, 6) is -0.116. The molecule has 0 radical (unpaired) electrons. The highest BCUT2D eigenvalue weighted by Gasteiger charge is 2.17. The molecule has 0 saturated carbocycles. The van der Waals surface area contributed by atoms with E-state index in [4.69, 9.17) is 4.74 Å². The summed E-state index contributed by atoms with van der Waals surface area (Å²) in [4.78, 5) is 24.3. The molecule has 3 N–H and O–H groups in total. The molecule has 0 aliphatic rings. The largest absolute Gasteiger partial charge is 0.466 e. The first-order chi connectivity index (χ1) is 25.0. The van der Waals surface area contributed by atoms with E-state index in [1.54, 1.807) is 6.08 Å². The predicted molar refractivity (Wildman–Crippen MR) is 218 cm³/mol. The molecule has 300 valence electrons. The maximum absolute atomic E-state index is 12.3. The van der Waals surface area contributed by atoms with Crippen LogP contribution < -0.4 is 5.32 Å². The van der Waals surface area contributed by atoms with Gasteiger partial charge in [0.2, 0.25) is 5.91 Å². The Morgan fingerprint density at radius 1 is 0.529 bits per heavy atom. The van der Waals surface area contributed by atoms with E-state index in [1.165, 1.54) is 128 Å². The highest BCUT2D eigenvalue weighted by atomic mass is 16.5. The monoisotopic (exact) mass is 720 g/mol. The summed E-state index contributed by atoms with van der Waals surface area (Å²) in [7, 11) is 0. The van der Waals surface area contributed by atoms with Crippen molar-refractivity contribution < 1.29 is 24.5 Å². The number of allylic oxidation sites excluding steroid dienone is 3. The number of carbonyl (C=O) groups is 2. The van der Waals surface area contributed by atoms with Crippen LogP contribution in [0.1, 0.15) is 226 Å². The summed E-state index contributed by atoms with van der Waals surface area (Å²) in [6.07, 6.45) is 45.9. The van der Waals surface area contributed by atoms with Gasteiger partial charge < -0.3 is 20.3 Å². The molecule has 0 aromatic carbocycles. The predicted octanol–water partition coefficient (Wildman–Crippen LogP) is 12.4. The Balaban J connectivity index is 3.52. The van der Waals surface area contributed by atoms with Crippen LogP contribution in [-0.4, -0.2) is 47.4 Å². The Kier molecular flexibility index (Phi) is 39.8. The molecule has 0 aliphatic carbocycles. The molecule has 0 rings (SSSR count). The number of amides is 1. The molecule has 0 aromatic heterocycles. The molecule has 2 unspecified atom stereocenters. The van der Waals surface area contributed by atoms with Gasteiger partial charge in [0.05, 0.1) is 25.4 Å². The number of hydrogen-bond acceptors (Lipinski definition) is 5. The van der Waals surface area contributed by atoms with E-state index >= 15 is 0 Å². The number of unbranched alkanes of at least 4 members (excludes halogenated alkanes) is 27. The molecule has 6 heteroatoms. The van der Waals surface area contributed by atoms with Crippen molar-refractivity contribution in [1.29, 1.82) is 0 Å². The second-order valence-electron chi connectivity index (χ2n) is 15.0. The van der Waals surface area contributed by atoms with E-state index in [9.17, 15) is 19.8 Å².